The third-order valence-electron chi connectivity index (χ3n) is 6.06. The minimum Gasteiger partial charge on any atom is -0.380 e. The second-order valence-corrected chi connectivity index (χ2v) is 8.91. The van der Waals surface area contributed by atoms with Crippen LogP contribution in [0.3, 0.4) is 0 Å². The Kier molecular flexibility index (Phi) is 7.09. The minimum absolute atomic E-state index is 0.313. The van der Waals surface area contributed by atoms with Crippen molar-refractivity contribution in [2.24, 2.45) is 4.99 Å². The average molecular weight is 483 g/mol. The normalized spacial score (nSPS) is 24.0. The third kappa shape index (κ3) is 4.66. The number of urea groups is 1. The number of imide groups is 1. The number of nitrogens with zero attached hydrogens (tertiary/aromatic N) is 5. The molecule has 1 aromatic carbocycles. The summed E-state index contributed by atoms with van der Waals surface area (Å²) in [7, 11) is 1.67. The topological polar surface area (TPSA) is 80.7 Å². The molecule has 2 saturated heterocycles. The van der Waals surface area contributed by atoms with Gasteiger partial charge in [0.2, 0.25) is 0 Å². The number of benzene rings is 1. The van der Waals surface area contributed by atoms with Crippen LogP contribution in [0.5, 0.6) is 0 Å². The van der Waals surface area contributed by atoms with E-state index >= 15 is 0 Å². The van der Waals surface area contributed by atoms with E-state index in [1.54, 1.807) is 7.05 Å². The Balaban J connectivity index is 1.44. The summed E-state index contributed by atoms with van der Waals surface area (Å²) >= 11 is 12.2. The van der Waals surface area contributed by atoms with Gasteiger partial charge in [0, 0.05) is 52.9 Å². The highest BCUT2D eigenvalue weighted by atomic mass is 35.5. The Bertz CT molecular complexity index is 906. The second kappa shape index (κ2) is 9.82. The van der Waals surface area contributed by atoms with E-state index in [0.717, 1.165) is 44.2 Å². The van der Waals surface area contributed by atoms with Crippen LogP contribution in [0.1, 0.15) is 12.5 Å². The van der Waals surface area contributed by atoms with Gasteiger partial charge in [-0.2, -0.15) is 0 Å². The van der Waals surface area contributed by atoms with E-state index in [-0.39, 0.29) is 5.91 Å². The lowest BCUT2D eigenvalue weighted by atomic mass is 10.1. The Hall–Kier alpha value is -2.07. The van der Waals surface area contributed by atoms with Gasteiger partial charge in [0.25, 0.3) is 5.91 Å². The molecule has 0 bridgehead atoms. The molecular formula is C21H28Cl2N6O3. The van der Waals surface area contributed by atoms with Crippen molar-refractivity contribution in [2.45, 2.75) is 25.7 Å². The van der Waals surface area contributed by atoms with Gasteiger partial charge in [-0.3, -0.25) is 15.0 Å². The van der Waals surface area contributed by atoms with Gasteiger partial charge in [0.05, 0.1) is 16.7 Å². The van der Waals surface area contributed by atoms with Crippen LogP contribution in [0.25, 0.3) is 0 Å². The Morgan fingerprint density at radius 3 is 2.59 bits per heavy atom. The molecule has 2 unspecified atom stereocenters. The predicted octanol–water partition coefficient (Wildman–Crippen LogP) is 1.70. The Labute approximate surface area is 197 Å². The predicted molar refractivity (Wildman–Crippen MR) is 123 cm³/mol. The number of amides is 3. The smallest absolute Gasteiger partial charge is 0.325 e. The van der Waals surface area contributed by atoms with Crippen molar-refractivity contribution >= 4 is 41.1 Å². The van der Waals surface area contributed by atoms with Crippen LogP contribution in [-0.2, 0) is 16.1 Å². The quantitative estimate of drug-likeness (QED) is 0.621. The maximum Gasteiger partial charge on any atom is 0.325 e. The SMILES string of the molecule is CCOCCN1C(N2CCN(Cc3ccc(Cl)c(Cl)c3)CC2)=NC2C1C(=O)NC(=O)N2C. The van der Waals surface area contributed by atoms with Gasteiger partial charge in [-0.15, -0.1) is 0 Å². The molecule has 2 atom stereocenters. The molecule has 0 radical (unpaired) electrons. The van der Waals surface area contributed by atoms with E-state index in [2.05, 4.69) is 15.1 Å². The number of hydrogen-bond donors (Lipinski definition) is 1. The van der Waals surface area contributed by atoms with Crippen LogP contribution in [0.4, 0.5) is 4.79 Å². The maximum absolute atomic E-state index is 12.6. The van der Waals surface area contributed by atoms with Crippen molar-refractivity contribution < 1.29 is 14.3 Å². The molecule has 174 valence electrons. The lowest BCUT2D eigenvalue weighted by Gasteiger charge is -2.40. The van der Waals surface area contributed by atoms with Gasteiger partial charge in [-0.05, 0) is 24.6 Å². The number of guanidine groups is 1. The van der Waals surface area contributed by atoms with Crippen LogP contribution in [0.2, 0.25) is 10.0 Å². The van der Waals surface area contributed by atoms with E-state index in [9.17, 15) is 9.59 Å². The van der Waals surface area contributed by atoms with Crippen molar-refractivity contribution in [1.82, 2.24) is 24.9 Å². The minimum atomic E-state index is -0.539. The summed E-state index contributed by atoms with van der Waals surface area (Å²) in [6.45, 7) is 7.57. The number of carbonyl (C=O) groups is 2. The highest BCUT2D eigenvalue weighted by Crippen LogP contribution is 2.27. The standard InChI is InChI=1S/C21H28Cl2N6O3/c1-3-32-11-10-29-17-18(26(2)21(31)25-19(17)30)24-20(29)28-8-6-27(7-9-28)13-14-4-5-15(22)16(23)12-14/h4-5,12,17-18H,3,6-11,13H2,1-2H3,(H,25,30,31). The first-order chi connectivity index (χ1) is 15.4. The van der Waals surface area contributed by atoms with Crippen LogP contribution in [0.15, 0.2) is 23.2 Å². The number of ether oxygens (including phenoxy) is 1. The van der Waals surface area contributed by atoms with Crippen LogP contribution in [-0.4, -0.2) is 103 Å². The van der Waals surface area contributed by atoms with Gasteiger partial charge in [0.15, 0.2) is 18.2 Å². The van der Waals surface area contributed by atoms with Crippen molar-refractivity contribution in [1.29, 1.82) is 0 Å². The first-order valence-corrected chi connectivity index (χ1v) is 11.6. The number of hydrogen-bond acceptors (Lipinski definition) is 7. The van der Waals surface area contributed by atoms with Crippen molar-refractivity contribution in [2.75, 3.05) is 53.0 Å². The van der Waals surface area contributed by atoms with E-state index in [1.807, 2.05) is 30.0 Å². The molecule has 9 nitrogen and oxygen atoms in total. The zero-order valence-electron chi connectivity index (χ0n) is 18.3. The van der Waals surface area contributed by atoms with Gasteiger partial charge in [-0.25, -0.2) is 9.79 Å². The number of halogens is 2. The van der Waals surface area contributed by atoms with E-state index in [4.69, 9.17) is 32.9 Å². The Morgan fingerprint density at radius 2 is 1.91 bits per heavy atom. The molecule has 1 aromatic rings. The summed E-state index contributed by atoms with van der Waals surface area (Å²) in [6.07, 6.45) is -0.526. The fourth-order valence-corrected chi connectivity index (χ4v) is 4.64. The van der Waals surface area contributed by atoms with E-state index in [1.165, 1.54) is 4.90 Å². The monoisotopic (exact) mass is 482 g/mol. The van der Waals surface area contributed by atoms with Crippen LogP contribution >= 0.6 is 23.2 Å². The molecule has 0 aliphatic carbocycles. The Morgan fingerprint density at radius 1 is 1.16 bits per heavy atom. The summed E-state index contributed by atoms with van der Waals surface area (Å²) < 4.78 is 5.54. The molecule has 3 heterocycles. The summed E-state index contributed by atoms with van der Waals surface area (Å²) in [6, 6.07) is 4.76. The molecular weight excluding hydrogens is 455 g/mol. The van der Waals surface area contributed by atoms with Gasteiger partial charge in [0.1, 0.15) is 0 Å². The van der Waals surface area contributed by atoms with Crippen LogP contribution in [0, 0.1) is 0 Å². The number of carbonyl (C=O) groups excluding carboxylic acids is 2. The lowest BCUT2D eigenvalue weighted by Crippen LogP contribution is -2.65. The largest absolute Gasteiger partial charge is 0.380 e. The van der Waals surface area contributed by atoms with Crippen LogP contribution < -0.4 is 5.32 Å². The molecule has 11 heteroatoms. The molecule has 32 heavy (non-hydrogen) atoms. The molecule has 4 rings (SSSR count). The van der Waals surface area contributed by atoms with Crippen molar-refractivity contribution in [3.63, 3.8) is 0 Å². The highest BCUT2D eigenvalue weighted by molar-refractivity contribution is 6.42. The van der Waals surface area contributed by atoms with Crippen molar-refractivity contribution in [3.05, 3.63) is 33.8 Å². The van der Waals surface area contributed by atoms with Gasteiger partial charge in [-0.1, -0.05) is 29.3 Å². The highest BCUT2D eigenvalue weighted by Gasteiger charge is 2.49. The number of nitrogens with one attached hydrogen (secondary N) is 1. The average Bonchev–Trinajstić information content (AvgIpc) is 3.16. The summed E-state index contributed by atoms with van der Waals surface area (Å²) in [5.74, 6) is 0.442. The number of fused-ring (bicyclic) bond motifs is 1. The zero-order chi connectivity index (χ0) is 22.8. The first-order valence-electron chi connectivity index (χ1n) is 10.8. The molecule has 3 amide bonds. The summed E-state index contributed by atoms with van der Waals surface area (Å²) in [5.41, 5.74) is 1.12. The zero-order valence-corrected chi connectivity index (χ0v) is 19.8. The number of aliphatic imine (C=N–C) groups is 1. The number of rotatable bonds is 6. The second-order valence-electron chi connectivity index (χ2n) is 8.09. The fraction of sp³-hybridized carbons (Fsp3) is 0.571. The molecule has 3 aliphatic heterocycles. The third-order valence-corrected chi connectivity index (χ3v) is 6.80. The first kappa shape index (κ1) is 23.1. The maximum atomic E-state index is 12.6. The molecule has 0 aromatic heterocycles. The number of likely N-dealkylation sites (N-methyl/N-ethyl adjacent to an activating group) is 1. The molecule has 1 N–H and O–H groups in total. The number of piperazine rings is 1. The van der Waals surface area contributed by atoms with Gasteiger partial charge < -0.3 is 19.4 Å². The van der Waals surface area contributed by atoms with E-state index in [0.29, 0.717) is 29.8 Å². The van der Waals surface area contributed by atoms with Gasteiger partial charge >= 0.3 is 6.03 Å². The summed E-state index contributed by atoms with van der Waals surface area (Å²) in [4.78, 5) is 37.6. The lowest BCUT2D eigenvalue weighted by molar-refractivity contribution is -0.127. The summed E-state index contributed by atoms with van der Waals surface area (Å²) in [5, 5.41) is 3.55. The molecule has 2 fully saturated rings. The molecule has 0 spiro atoms. The molecule has 0 saturated carbocycles. The van der Waals surface area contributed by atoms with Crippen molar-refractivity contribution in [3.8, 4) is 0 Å². The molecule has 3 aliphatic rings. The van der Waals surface area contributed by atoms with E-state index < -0.39 is 18.2 Å². The fourth-order valence-electron chi connectivity index (χ4n) is 4.32.